The van der Waals surface area contributed by atoms with Gasteiger partial charge in [0.05, 0.1) is 12.0 Å². The fraction of sp³-hybridized carbons (Fsp3) is 0.750. The lowest BCUT2D eigenvalue weighted by atomic mass is 9.69. The standard InChI is InChI=1S/C16H25NO3/c1-7(2)10-11(8(3)4)14(16(19)20)17-13(10)12(9(5)6)15(17)18/h7-10,12-13H,1-6H3,(H,19,20)/t10?,12?,13-/m1/s1. The Morgan fingerprint density at radius 1 is 1.05 bits per heavy atom. The van der Waals surface area contributed by atoms with E-state index in [1.807, 2.05) is 27.7 Å². The third kappa shape index (κ3) is 1.88. The molecule has 0 spiro atoms. The third-order valence-electron chi connectivity index (χ3n) is 4.69. The van der Waals surface area contributed by atoms with E-state index >= 15 is 0 Å². The summed E-state index contributed by atoms with van der Waals surface area (Å²) in [6, 6.07) is 0.0472. The summed E-state index contributed by atoms with van der Waals surface area (Å²) >= 11 is 0. The van der Waals surface area contributed by atoms with Crippen LogP contribution in [0, 0.1) is 29.6 Å². The summed E-state index contributed by atoms with van der Waals surface area (Å²) < 4.78 is 0. The molecular weight excluding hydrogens is 254 g/mol. The number of hydrogen-bond acceptors (Lipinski definition) is 2. The van der Waals surface area contributed by atoms with Crippen molar-refractivity contribution in [2.75, 3.05) is 0 Å². The minimum Gasteiger partial charge on any atom is -0.477 e. The van der Waals surface area contributed by atoms with Crippen LogP contribution in [-0.2, 0) is 9.59 Å². The molecule has 2 aliphatic rings. The molecule has 112 valence electrons. The van der Waals surface area contributed by atoms with Crippen LogP contribution in [0.1, 0.15) is 41.5 Å². The minimum absolute atomic E-state index is 0.0105. The Kier molecular flexibility index (Phi) is 3.69. The van der Waals surface area contributed by atoms with E-state index in [4.69, 9.17) is 0 Å². The van der Waals surface area contributed by atoms with E-state index in [9.17, 15) is 14.7 Å². The molecule has 3 atom stereocenters. The van der Waals surface area contributed by atoms with Crippen LogP contribution in [0.3, 0.4) is 0 Å². The van der Waals surface area contributed by atoms with E-state index in [1.165, 1.54) is 0 Å². The summed E-state index contributed by atoms with van der Waals surface area (Å²) in [5.74, 6) is -0.0855. The molecule has 0 aromatic carbocycles. The summed E-state index contributed by atoms with van der Waals surface area (Å²) in [5.41, 5.74) is 1.21. The number of carboxylic acids is 1. The smallest absolute Gasteiger partial charge is 0.352 e. The molecule has 2 rings (SSSR count). The van der Waals surface area contributed by atoms with E-state index in [-0.39, 0.29) is 41.3 Å². The lowest BCUT2D eigenvalue weighted by Crippen LogP contribution is -2.62. The van der Waals surface area contributed by atoms with Crippen LogP contribution in [0.2, 0.25) is 0 Å². The van der Waals surface area contributed by atoms with Gasteiger partial charge in [0.1, 0.15) is 5.70 Å². The van der Waals surface area contributed by atoms with Crippen LogP contribution >= 0.6 is 0 Å². The number of β-lactam (4-membered cyclic amide) rings is 1. The Hall–Kier alpha value is -1.32. The minimum atomic E-state index is -0.961. The second-order valence-corrected chi connectivity index (χ2v) is 7.00. The SMILES string of the molecule is CC(C)C1=C(C(=O)O)N2C(=O)C(C(C)C)[C@H]2C1C(C)C. The molecule has 1 N–H and O–H groups in total. The molecule has 0 aromatic heterocycles. The van der Waals surface area contributed by atoms with Crippen molar-refractivity contribution in [3.63, 3.8) is 0 Å². The van der Waals surface area contributed by atoms with Gasteiger partial charge >= 0.3 is 5.97 Å². The van der Waals surface area contributed by atoms with Gasteiger partial charge in [0.15, 0.2) is 0 Å². The van der Waals surface area contributed by atoms with Crippen molar-refractivity contribution in [3.8, 4) is 0 Å². The molecular formula is C16H25NO3. The van der Waals surface area contributed by atoms with Crippen molar-refractivity contribution in [2.24, 2.45) is 29.6 Å². The van der Waals surface area contributed by atoms with E-state index in [0.29, 0.717) is 5.92 Å². The second-order valence-electron chi connectivity index (χ2n) is 7.00. The predicted molar refractivity (Wildman–Crippen MR) is 76.8 cm³/mol. The van der Waals surface area contributed by atoms with Crippen molar-refractivity contribution in [1.82, 2.24) is 4.90 Å². The predicted octanol–water partition coefficient (Wildman–Crippen LogP) is 2.75. The lowest BCUT2D eigenvalue weighted by molar-refractivity contribution is -0.160. The molecule has 0 aliphatic carbocycles. The number of carbonyl (C=O) groups is 2. The number of amides is 1. The zero-order chi connectivity index (χ0) is 15.4. The van der Waals surface area contributed by atoms with Gasteiger partial charge in [-0.15, -0.1) is 0 Å². The number of carbonyl (C=O) groups excluding carboxylic acids is 1. The molecule has 20 heavy (non-hydrogen) atoms. The van der Waals surface area contributed by atoms with Gasteiger partial charge in [0, 0.05) is 5.92 Å². The van der Waals surface area contributed by atoms with Gasteiger partial charge in [-0.2, -0.15) is 0 Å². The maximum atomic E-state index is 12.4. The monoisotopic (exact) mass is 279 g/mol. The maximum Gasteiger partial charge on any atom is 0.352 e. The topological polar surface area (TPSA) is 57.6 Å². The number of hydrogen-bond donors (Lipinski definition) is 1. The van der Waals surface area contributed by atoms with Gasteiger partial charge in [-0.05, 0) is 23.3 Å². The molecule has 4 heteroatoms. The zero-order valence-electron chi connectivity index (χ0n) is 13.2. The Balaban J connectivity index is 2.53. The molecule has 2 heterocycles. The largest absolute Gasteiger partial charge is 0.477 e. The first-order chi connectivity index (χ1) is 9.20. The van der Waals surface area contributed by atoms with E-state index in [0.717, 1.165) is 5.57 Å². The van der Waals surface area contributed by atoms with E-state index in [1.54, 1.807) is 4.90 Å². The summed E-state index contributed by atoms with van der Waals surface area (Å²) in [6.07, 6.45) is 0. The number of carboxylic acid groups (broad SMARTS) is 1. The van der Waals surface area contributed by atoms with Crippen molar-refractivity contribution in [3.05, 3.63) is 11.3 Å². The highest BCUT2D eigenvalue weighted by Gasteiger charge is 2.60. The van der Waals surface area contributed by atoms with Crippen molar-refractivity contribution < 1.29 is 14.7 Å². The lowest BCUT2D eigenvalue weighted by Gasteiger charge is -2.48. The van der Waals surface area contributed by atoms with Crippen molar-refractivity contribution >= 4 is 11.9 Å². The molecule has 1 fully saturated rings. The highest BCUT2D eigenvalue weighted by molar-refractivity contribution is 6.00. The van der Waals surface area contributed by atoms with Gasteiger partial charge < -0.3 is 10.0 Å². The van der Waals surface area contributed by atoms with E-state index < -0.39 is 5.97 Å². The van der Waals surface area contributed by atoms with Crippen molar-refractivity contribution in [1.29, 1.82) is 0 Å². The quantitative estimate of drug-likeness (QED) is 0.805. The van der Waals surface area contributed by atoms with Crippen molar-refractivity contribution in [2.45, 2.75) is 47.6 Å². The average molecular weight is 279 g/mol. The third-order valence-corrected chi connectivity index (χ3v) is 4.69. The first kappa shape index (κ1) is 15.1. The number of rotatable bonds is 4. The fourth-order valence-electron chi connectivity index (χ4n) is 3.97. The average Bonchev–Trinajstić information content (AvgIpc) is 2.59. The molecule has 1 amide bonds. The van der Waals surface area contributed by atoms with Gasteiger partial charge in [0.2, 0.25) is 5.91 Å². The highest BCUT2D eigenvalue weighted by Crippen LogP contribution is 2.52. The normalized spacial score (nSPS) is 29.6. The second kappa shape index (κ2) is 4.90. The van der Waals surface area contributed by atoms with Gasteiger partial charge in [-0.25, -0.2) is 4.79 Å². The molecule has 4 nitrogen and oxygen atoms in total. The number of aliphatic carboxylic acids is 1. The maximum absolute atomic E-state index is 12.4. The van der Waals surface area contributed by atoms with Crippen LogP contribution in [-0.4, -0.2) is 27.9 Å². The van der Waals surface area contributed by atoms with Crippen LogP contribution in [0.25, 0.3) is 0 Å². The molecule has 0 saturated carbocycles. The first-order valence-electron chi connectivity index (χ1n) is 7.50. The summed E-state index contributed by atoms with van der Waals surface area (Å²) in [7, 11) is 0. The molecule has 0 aromatic rings. The Bertz CT molecular complexity index is 476. The molecule has 1 saturated heterocycles. The fourth-order valence-corrected chi connectivity index (χ4v) is 3.97. The van der Waals surface area contributed by atoms with Gasteiger partial charge in [-0.1, -0.05) is 41.5 Å². The van der Waals surface area contributed by atoms with Crippen LogP contribution in [0.4, 0.5) is 0 Å². The van der Waals surface area contributed by atoms with E-state index in [2.05, 4.69) is 13.8 Å². The van der Waals surface area contributed by atoms with Gasteiger partial charge in [0.25, 0.3) is 0 Å². The Morgan fingerprint density at radius 3 is 1.90 bits per heavy atom. The molecule has 0 bridgehead atoms. The summed E-state index contributed by atoms with van der Waals surface area (Å²) in [6.45, 7) is 12.4. The summed E-state index contributed by atoms with van der Waals surface area (Å²) in [4.78, 5) is 25.6. The summed E-state index contributed by atoms with van der Waals surface area (Å²) in [5, 5.41) is 9.55. The molecule has 2 aliphatic heterocycles. The highest BCUT2D eigenvalue weighted by atomic mass is 16.4. The van der Waals surface area contributed by atoms with Crippen LogP contribution in [0.15, 0.2) is 11.3 Å². The van der Waals surface area contributed by atoms with Crippen LogP contribution in [0.5, 0.6) is 0 Å². The number of fused-ring (bicyclic) bond motifs is 1. The molecule has 0 radical (unpaired) electrons. The zero-order valence-corrected chi connectivity index (χ0v) is 13.2. The molecule has 2 unspecified atom stereocenters. The van der Waals surface area contributed by atoms with Crippen LogP contribution < -0.4 is 0 Å². The Morgan fingerprint density at radius 2 is 1.55 bits per heavy atom. The van der Waals surface area contributed by atoms with Gasteiger partial charge in [-0.3, -0.25) is 4.79 Å². The number of nitrogens with zero attached hydrogens (tertiary/aromatic N) is 1. The Labute approximate surface area is 120 Å². The first-order valence-corrected chi connectivity index (χ1v) is 7.50.